The van der Waals surface area contributed by atoms with Crippen molar-refractivity contribution in [2.24, 2.45) is 5.41 Å². The Morgan fingerprint density at radius 3 is 2.59 bits per heavy atom. The zero-order valence-corrected chi connectivity index (χ0v) is 22.1. The van der Waals surface area contributed by atoms with Gasteiger partial charge in [-0.3, -0.25) is 14.5 Å². The Balaban J connectivity index is 1.62. The van der Waals surface area contributed by atoms with Crippen LogP contribution >= 0.6 is 11.8 Å². The Labute approximate surface area is 218 Å². The normalized spacial score (nSPS) is 23.7. The van der Waals surface area contributed by atoms with Crippen LogP contribution in [-0.2, 0) is 20.5 Å². The molecule has 1 aliphatic heterocycles. The highest BCUT2D eigenvalue weighted by molar-refractivity contribution is 8.01. The number of rotatable bonds is 6. The van der Waals surface area contributed by atoms with Crippen molar-refractivity contribution in [2.45, 2.75) is 75.8 Å². The number of aryl methyl sites for hydroxylation is 1. The van der Waals surface area contributed by atoms with Gasteiger partial charge in [-0.15, -0.1) is 0 Å². The van der Waals surface area contributed by atoms with Crippen molar-refractivity contribution in [2.75, 3.05) is 12.4 Å². The molecule has 4 rings (SSSR count). The van der Waals surface area contributed by atoms with E-state index in [1.807, 2.05) is 19.9 Å². The minimum absolute atomic E-state index is 0.234. The summed E-state index contributed by atoms with van der Waals surface area (Å²) in [5.74, 6) is -0.788. The average molecular weight is 537 g/mol. The monoisotopic (exact) mass is 536 g/mol. The number of carbonyl (C=O) groups excluding carboxylic acids is 2. The number of esters is 1. The third kappa shape index (κ3) is 5.28. The number of nitrogens with one attached hydrogen (secondary N) is 1. The van der Waals surface area contributed by atoms with Crippen LogP contribution in [-0.4, -0.2) is 38.8 Å². The Bertz CT molecular complexity index is 1190. The van der Waals surface area contributed by atoms with Crippen LogP contribution in [0, 0.1) is 12.3 Å². The molecular formula is C26H31F3N4O3S. The molecule has 1 aliphatic carbocycles. The highest BCUT2D eigenvalue weighted by Crippen LogP contribution is 2.53. The summed E-state index contributed by atoms with van der Waals surface area (Å²) < 4.78 is 45.5. The predicted molar refractivity (Wildman–Crippen MR) is 135 cm³/mol. The molecule has 37 heavy (non-hydrogen) atoms. The van der Waals surface area contributed by atoms with Crippen molar-refractivity contribution in [3.05, 3.63) is 47.3 Å². The van der Waals surface area contributed by atoms with Gasteiger partial charge in [0.05, 0.1) is 5.41 Å². The van der Waals surface area contributed by atoms with Crippen LogP contribution in [0.5, 0.6) is 0 Å². The highest BCUT2D eigenvalue weighted by Gasteiger charge is 2.53. The van der Waals surface area contributed by atoms with E-state index in [2.05, 4.69) is 15.3 Å². The number of ether oxygens (including phenoxy) is 1. The number of benzene rings is 1. The molecule has 2 fully saturated rings. The fraction of sp³-hybridized carbons (Fsp3) is 0.538. The molecule has 2 aliphatic rings. The molecule has 1 aromatic carbocycles. The quantitative estimate of drug-likeness (QED) is 0.430. The lowest BCUT2D eigenvalue weighted by molar-refractivity contribution is -0.177. The first-order valence-corrected chi connectivity index (χ1v) is 13.2. The van der Waals surface area contributed by atoms with Gasteiger partial charge in [0.1, 0.15) is 10.9 Å². The van der Waals surface area contributed by atoms with Crippen LogP contribution in [0.3, 0.4) is 0 Å². The van der Waals surface area contributed by atoms with Gasteiger partial charge in [-0.2, -0.15) is 13.2 Å². The smallest absolute Gasteiger partial charge is 0.429 e. The number of halogens is 3. The summed E-state index contributed by atoms with van der Waals surface area (Å²) >= 11 is 1.20. The first-order chi connectivity index (χ1) is 17.4. The SMILES string of the molecule is CCC1(C(=O)OC2(C)SC(c3c(C)cccc3Nc3nccc(C(F)(F)F)n3)C(=O)N2C)CCCCC1. The van der Waals surface area contributed by atoms with Gasteiger partial charge in [-0.05, 0) is 43.9 Å². The Kier molecular flexibility index (Phi) is 7.47. The molecule has 1 saturated carbocycles. The summed E-state index contributed by atoms with van der Waals surface area (Å²) in [6.07, 6.45) is 1.67. The number of nitrogens with zero attached hydrogens (tertiary/aromatic N) is 3. The number of likely N-dealkylation sites (N-methyl/N-ethyl adjacent to an activating group) is 1. The third-order valence-electron chi connectivity index (χ3n) is 7.48. The van der Waals surface area contributed by atoms with Gasteiger partial charge in [0.25, 0.3) is 0 Å². The second kappa shape index (κ2) is 10.2. The molecule has 2 heterocycles. The number of aromatic nitrogens is 2. The molecule has 11 heteroatoms. The minimum Gasteiger partial charge on any atom is -0.429 e. The molecule has 1 aromatic heterocycles. The highest BCUT2D eigenvalue weighted by atomic mass is 32.2. The van der Waals surface area contributed by atoms with E-state index < -0.39 is 27.6 Å². The molecule has 1 saturated heterocycles. The Hall–Kier alpha value is -2.82. The molecule has 200 valence electrons. The van der Waals surface area contributed by atoms with Gasteiger partial charge in [0.2, 0.25) is 16.9 Å². The van der Waals surface area contributed by atoms with E-state index >= 15 is 0 Å². The summed E-state index contributed by atoms with van der Waals surface area (Å²) in [6, 6.07) is 6.01. The first kappa shape index (κ1) is 27.2. The summed E-state index contributed by atoms with van der Waals surface area (Å²) in [5, 5.41) is 0.879. The lowest BCUT2D eigenvalue weighted by Gasteiger charge is -2.38. The van der Waals surface area contributed by atoms with Crippen molar-refractivity contribution in [3.8, 4) is 0 Å². The lowest BCUT2D eigenvalue weighted by Crippen LogP contribution is -2.46. The number of anilines is 2. The second-order valence-corrected chi connectivity index (χ2v) is 11.3. The maximum absolute atomic E-state index is 13.5. The third-order valence-corrected chi connectivity index (χ3v) is 8.95. The number of alkyl halides is 3. The zero-order chi connectivity index (χ0) is 27.0. The molecule has 2 atom stereocenters. The van der Waals surface area contributed by atoms with E-state index in [0.29, 0.717) is 17.7 Å². The summed E-state index contributed by atoms with van der Waals surface area (Å²) in [6.45, 7) is 5.52. The van der Waals surface area contributed by atoms with Crippen molar-refractivity contribution in [1.82, 2.24) is 14.9 Å². The van der Waals surface area contributed by atoms with Gasteiger partial charge >= 0.3 is 12.1 Å². The minimum atomic E-state index is -4.62. The maximum Gasteiger partial charge on any atom is 0.433 e. The summed E-state index contributed by atoms with van der Waals surface area (Å²) in [7, 11) is 1.60. The van der Waals surface area contributed by atoms with E-state index in [-0.39, 0.29) is 17.8 Å². The lowest BCUT2D eigenvalue weighted by atomic mass is 9.72. The molecule has 0 bridgehead atoms. The molecular weight excluding hydrogens is 505 g/mol. The molecule has 2 aromatic rings. The van der Waals surface area contributed by atoms with Gasteiger partial charge in [0.15, 0.2) is 0 Å². The van der Waals surface area contributed by atoms with Crippen LogP contribution in [0.1, 0.15) is 74.4 Å². The van der Waals surface area contributed by atoms with Gasteiger partial charge in [0, 0.05) is 31.4 Å². The summed E-state index contributed by atoms with van der Waals surface area (Å²) in [4.78, 5) is 35.8. The molecule has 1 amide bonds. The van der Waals surface area contributed by atoms with Crippen LogP contribution in [0.15, 0.2) is 30.5 Å². The van der Waals surface area contributed by atoms with Crippen LogP contribution in [0.2, 0.25) is 0 Å². The van der Waals surface area contributed by atoms with Crippen molar-refractivity contribution in [1.29, 1.82) is 0 Å². The van der Waals surface area contributed by atoms with Crippen molar-refractivity contribution < 1.29 is 27.5 Å². The molecule has 7 nitrogen and oxygen atoms in total. The largest absolute Gasteiger partial charge is 0.433 e. The fourth-order valence-corrected chi connectivity index (χ4v) is 6.54. The Morgan fingerprint density at radius 2 is 1.95 bits per heavy atom. The van der Waals surface area contributed by atoms with Crippen molar-refractivity contribution >= 4 is 35.3 Å². The van der Waals surface area contributed by atoms with Crippen LogP contribution in [0.25, 0.3) is 0 Å². The molecule has 0 spiro atoms. The predicted octanol–water partition coefficient (Wildman–Crippen LogP) is 6.37. The maximum atomic E-state index is 13.5. The van der Waals surface area contributed by atoms with Gasteiger partial charge in [-0.1, -0.05) is 50.1 Å². The second-order valence-electron chi connectivity index (χ2n) is 9.80. The number of amides is 1. The van der Waals surface area contributed by atoms with Gasteiger partial charge < -0.3 is 10.1 Å². The number of hydrogen-bond acceptors (Lipinski definition) is 7. The van der Waals surface area contributed by atoms with E-state index in [0.717, 1.165) is 49.9 Å². The van der Waals surface area contributed by atoms with Crippen LogP contribution in [0.4, 0.5) is 24.8 Å². The number of hydrogen-bond donors (Lipinski definition) is 1. The fourth-order valence-electron chi connectivity index (χ4n) is 5.04. The van der Waals surface area contributed by atoms with E-state index in [1.165, 1.54) is 16.7 Å². The molecule has 0 radical (unpaired) electrons. The summed E-state index contributed by atoms with van der Waals surface area (Å²) in [5.41, 5.74) is 0.126. The first-order valence-electron chi connectivity index (χ1n) is 12.4. The van der Waals surface area contributed by atoms with Gasteiger partial charge in [-0.25, -0.2) is 9.97 Å². The van der Waals surface area contributed by atoms with E-state index in [1.54, 1.807) is 26.1 Å². The van der Waals surface area contributed by atoms with Crippen LogP contribution < -0.4 is 5.32 Å². The molecule has 2 unspecified atom stereocenters. The van der Waals surface area contributed by atoms with Crippen molar-refractivity contribution in [3.63, 3.8) is 0 Å². The number of thioether (sulfide) groups is 1. The zero-order valence-electron chi connectivity index (χ0n) is 21.3. The van der Waals surface area contributed by atoms with E-state index in [4.69, 9.17) is 4.74 Å². The van der Waals surface area contributed by atoms with E-state index in [9.17, 15) is 22.8 Å². The average Bonchev–Trinajstić information content (AvgIpc) is 3.08. The molecule has 1 N–H and O–H groups in total. The Morgan fingerprint density at radius 1 is 1.24 bits per heavy atom. The topological polar surface area (TPSA) is 84.4 Å². The standard InChI is InChI=1S/C26H31F3N4O3S/c1-5-25(13-7-6-8-14-25)22(35)36-24(3)33(4)21(34)20(37-24)19-16(2)10-9-11-17(19)31-23-30-15-12-18(32-23)26(27,28)29/h9-12,15,20H,5-8,13-14H2,1-4H3,(H,30,31,32). The number of carbonyl (C=O) groups is 2.